The van der Waals surface area contributed by atoms with Crippen molar-refractivity contribution in [3.05, 3.63) is 0 Å². The molecule has 0 saturated heterocycles. The van der Waals surface area contributed by atoms with Gasteiger partial charge in [0.05, 0.1) is 0 Å². The van der Waals surface area contributed by atoms with E-state index < -0.39 is 0 Å². The van der Waals surface area contributed by atoms with Crippen molar-refractivity contribution in [3.63, 3.8) is 0 Å². The molecule has 0 fully saturated rings. The second-order valence-corrected chi connectivity index (χ2v) is 3.70. The van der Waals surface area contributed by atoms with Crippen molar-refractivity contribution in [1.82, 2.24) is 10.2 Å². The number of nitrogens with zero attached hydrogens (tertiary/aromatic N) is 1. The maximum absolute atomic E-state index is 5.66. The maximum atomic E-state index is 5.66. The zero-order valence-corrected chi connectivity index (χ0v) is 10.1. The van der Waals surface area contributed by atoms with Crippen LogP contribution in [0.4, 0.5) is 0 Å². The molecule has 0 aliphatic rings. The van der Waals surface area contributed by atoms with Crippen LogP contribution in [0.15, 0.2) is 0 Å². The van der Waals surface area contributed by atoms with Crippen LogP contribution in [-0.2, 0) is 0 Å². The first-order chi connectivity index (χ1) is 6.78. The summed E-state index contributed by atoms with van der Waals surface area (Å²) in [7, 11) is 0. The molecule has 0 bridgehead atoms. The summed E-state index contributed by atoms with van der Waals surface area (Å²) in [5.74, 6) is 0. The molecule has 0 saturated carbocycles. The van der Waals surface area contributed by atoms with Crippen molar-refractivity contribution in [2.75, 3.05) is 32.7 Å². The third kappa shape index (κ3) is 6.35. The molecule has 1 unspecified atom stereocenters. The van der Waals surface area contributed by atoms with E-state index in [0.29, 0.717) is 6.04 Å². The summed E-state index contributed by atoms with van der Waals surface area (Å²) >= 11 is 0. The largest absolute Gasteiger partial charge is 0.329 e. The Morgan fingerprint density at radius 1 is 1.21 bits per heavy atom. The van der Waals surface area contributed by atoms with Gasteiger partial charge in [0.1, 0.15) is 0 Å². The third-order valence-corrected chi connectivity index (χ3v) is 2.68. The maximum Gasteiger partial charge on any atom is 0.0190 e. The van der Waals surface area contributed by atoms with E-state index in [2.05, 4.69) is 31.0 Å². The molecule has 0 aliphatic carbocycles. The molecule has 86 valence electrons. The molecule has 0 aliphatic heterocycles. The summed E-state index contributed by atoms with van der Waals surface area (Å²) in [6.07, 6.45) is 2.40. The van der Waals surface area contributed by atoms with Gasteiger partial charge in [0.2, 0.25) is 0 Å². The van der Waals surface area contributed by atoms with E-state index in [0.717, 1.165) is 32.7 Å². The molecular weight excluding hydrogens is 174 g/mol. The molecule has 3 N–H and O–H groups in total. The molecule has 3 heteroatoms. The highest BCUT2D eigenvalue weighted by Gasteiger charge is 2.04. The van der Waals surface area contributed by atoms with Crippen LogP contribution >= 0.6 is 0 Å². The SMILES string of the molecule is CCCC(CN)NCCN(CC)CC. The Hall–Kier alpha value is -0.120. The minimum atomic E-state index is 0.510. The van der Waals surface area contributed by atoms with Gasteiger partial charge in [-0.2, -0.15) is 0 Å². The van der Waals surface area contributed by atoms with Crippen molar-refractivity contribution in [3.8, 4) is 0 Å². The van der Waals surface area contributed by atoms with Gasteiger partial charge < -0.3 is 16.0 Å². The quantitative estimate of drug-likeness (QED) is 0.586. The van der Waals surface area contributed by atoms with Gasteiger partial charge in [-0.3, -0.25) is 0 Å². The molecule has 1 atom stereocenters. The lowest BCUT2D eigenvalue weighted by Crippen LogP contribution is -2.40. The normalized spacial score (nSPS) is 13.5. The average molecular weight is 201 g/mol. The average Bonchev–Trinajstić information content (AvgIpc) is 2.23. The van der Waals surface area contributed by atoms with Crippen LogP contribution in [0.5, 0.6) is 0 Å². The van der Waals surface area contributed by atoms with Gasteiger partial charge in [0.15, 0.2) is 0 Å². The number of nitrogens with two attached hydrogens (primary N) is 1. The van der Waals surface area contributed by atoms with Gasteiger partial charge in [-0.15, -0.1) is 0 Å². The summed E-state index contributed by atoms with van der Waals surface area (Å²) < 4.78 is 0. The highest BCUT2D eigenvalue weighted by molar-refractivity contribution is 4.67. The smallest absolute Gasteiger partial charge is 0.0190 e. The van der Waals surface area contributed by atoms with Gasteiger partial charge in [-0.1, -0.05) is 27.2 Å². The van der Waals surface area contributed by atoms with Crippen LogP contribution in [0.1, 0.15) is 33.6 Å². The van der Waals surface area contributed by atoms with E-state index in [4.69, 9.17) is 5.73 Å². The number of hydrogen-bond acceptors (Lipinski definition) is 3. The molecule has 0 spiro atoms. The van der Waals surface area contributed by atoms with E-state index in [-0.39, 0.29) is 0 Å². The van der Waals surface area contributed by atoms with Crippen LogP contribution in [0.25, 0.3) is 0 Å². The van der Waals surface area contributed by atoms with Crippen molar-refractivity contribution in [1.29, 1.82) is 0 Å². The molecule has 0 amide bonds. The van der Waals surface area contributed by atoms with E-state index in [9.17, 15) is 0 Å². The minimum absolute atomic E-state index is 0.510. The molecule has 0 heterocycles. The number of hydrogen-bond donors (Lipinski definition) is 2. The Balaban J connectivity index is 3.48. The zero-order valence-electron chi connectivity index (χ0n) is 10.1. The summed E-state index contributed by atoms with van der Waals surface area (Å²) in [6.45, 7) is 11.8. The first-order valence-electron chi connectivity index (χ1n) is 5.94. The van der Waals surface area contributed by atoms with E-state index in [1.807, 2.05) is 0 Å². The second kappa shape index (κ2) is 9.44. The summed E-state index contributed by atoms with van der Waals surface area (Å²) in [5.41, 5.74) is 5.66. The Morgan fingerprint density at radius 2 is 1.86 bits per heavy atom. The molecule has 3 nitrogen and oxygen atoms in total. The predicted octanol–water partition coefficient (Wildman–Crippen LogP) is 1.05. The topological polar surface area (TPSA) is 41.3 Å². The Kier molecular flexibility index (Phi) is 9.35. The lowest BCUT2D eigenvalue weighted by molar-refractivity contribution is 0.294. The molecule has 0 aromatic heterocycles. The fraction of sp³-hybridized carbons (Fsp3) is 1.00. The van der Waals surface area contributed by atoms with Gasteiger partial charge in [0, 0.05) is 25.7 Å². The summed E-state index contributed by atoms with van der Waals surface area (Å²) in [5, 5.41) is 3.50. The predicted molar refractivity (Wildman–Crippen MR) is 63.5 cm³/mol. The van der Waals surface area contributed by atoms with E-state index >= 15 is 0 Å². The Labute approximate surface area is 89.0 Å². The fourth-order valence-electron chi connectivity index (χ4n) is 1.62. The molecule has 0 aromatic rings. The van der Waals surface area contributed by atoms with Crippen LogP contribution in [0.3, 0.4) is 0 Å². The van der Waals surface area contributed by atoms with Crippen molar-refractivity contribution >= 4 is 0 Å². The van der Waals surface area contributed by atoms with Crippen LogP contribution in [0.2, 0.25) is 0 Å². The van der Waals surface area contributed by atoms with Gasteiger partial charge >= 0.3 is 0 Å². The summed E-state index contributed by atoms with van der Waals surface area (Å²) in [6, 6.07) is 0.510. The van der Waals surface area contributed by atoms with Crippen molar-refractivity contribution < 1.29 is 0 Å². The zero-order chi connectivity index (χ0) is 10.8. The Bertz CT molecular complexity index is 113. The lowest BCUT2D eigenvalue weighted by atomic mass is 10.2. The second-order valence-electron chi connectivity index (χ2n) is 3.70. The molecular formula is C11H27N3. The van der Waals surface area contributed by atoms with Crippen molar-refractivity contribution in [2.24, 2.45) is 5.73 Å². The third-order valence-electron chi connectivity index (χ3n) is 2.68. The first kappa shape index (κ1) is 13.9. The van der Waals surface area contributed by atoms with Crippen molar-refractivity contribution in [2.45, 2.75) is 39.7 Å². The molecule has 0 rings (SSSR count). The number of likely N-dealkylation sites (N-methyl/N-ethyl adjacent to an activating group) is 1. The van der Waals surface area contributed by atoms with E-state index in [1.165, 1.54) is 12.8 Å². The van der Waals surface area contributed by atoms with E-state index in [1.54, 1.807) is 0 Å². The van der Waals surface area contributed by atoms with Gasteiger partial charge in [-0.25, -0.2) is 0 Å². The highest BCUT2D eigenvalue weighted by atomic mass is 15.1. The van der Waals surface area contributed by atoms with Gasteiger partial charge in [0.25, 0.3) is 0 Å². The van der Waals surface area contributed by atoms with Crippen LogP contribution < -0.4 is 11.1 Å². The standard InChI is InChI=1S/C11H27N3/c1-4-7-11(10-12)13-8-9-14(5-2)6-3/h11,13H,4-10,12H2,1-3H3. The number of rotatable bonds is 9. The number of nitrogens with one attached hydrogen (secondary N) is 1. The monoisotopic (exact) mass is 201 g/mol. The molecule has 14 heavy (non-hydrogen) atoms. The lowest BCUT2D eigenvalue weighted by Gasteiger charge is -2.21. The summed E-state index contributed by atoms with van der Waals surface area (Å²) in [4.78, 5) is 2.42. The van der Waals surface area contributed by atoms with Crippen LogP contribution in [-0.4, -0.2) is 43.7 Å². The molecule has 0 radical (unpaired) electrons. The first-order valence-corrected chi connectivity index (χ1v) is 5.94. The van der Waals surface area contributed by atoms with Crippen LogP contribution in [0, 0.1) is 0 Å². The highest BCUT2D eigenvalue weighted by Crippen LogP contribution is 1.94. The fourth-order valence-corrected chi connectivity index (χ4v) is 1.62. The van der Waals surface area contributed by atoms with Gasteiger partial charge in [-0.05, 0) is 19.5 Å². The minimum Gasteiger partial charge on any atom is -0.329 e. The molecule has 0 aromatic carbocycles. The Morgan fingerprint density at radius 3 is 2.29 bits per heavy atom.